The maximum atomic E-state index is 5.09. The minimum absolute atomic E-state index is 0.489. The number of nitrogens with one attached hydrogen (secondary N) is 1. The van der Waals surface area contributed by atoms with Crippen molar-refractivity contribution < 1.29 is 4.74 Å². The summed E-state index contributed by atoms with van der Waals surface area (Å²) in [6.07, 6.45) is 0. The molecule has 0 heterocycles. The molecule has 0 amide bonds. The van der Waals surface area contributed by atoms with Gasteiger partial charge in [-0.15, -0.1) is 0 Å². The number of hydrogen-bond donors (Lipinski definition) is 1. The van der Waals surface area contributed by atoms with Gasteiger partial charge in [0.25, 0.3) is 0 Å². The Balaban J connectivity index is 2.59. The summed E-state index contributed by atoms with van der Waals surface area (Å²) in [4.78, 5) is 0. The second-order valence-electron chi connectivity index (χ2n) is 3.91. The molecule has 78 valence electrons. The molecule has 0 aliphatic carbocycles. The van der Waals surface area contributed by atoms with Crippen molar-refractivity contribution in [3.8, 4) is 5.75 Å². The van der Waals surface area contributed by atoms with Crippen molar-refractivity contribution >= 4 is 5.69 Å². The zero-order valence-corrected chi connectivity index (χ0v) is 9.37. The van der Waals surface area contributed by atoms with Crippen molar-refractivity contribution in [2.45, 2.75) is 26.8 Å². The molecule has 0 spiro atoms. The largest absolute Gasteiger partial charge is 0.497 e. The Labute approximate surface area is 86.3 Å². The highest BCUT2D eigenvalue weighted by molar-refractivity contribution is 5.46. The monoisotopic (exact) mass is 193 g/mol. The number of anilines is 1. The van der Waals surface area contributed by atoms with Crippen LogP contribution in [0.3, 0.4) is 0 Å². The fourth-order valence-electron chi connectivity index (χ4n) is 1.12. The highest BCUT2D eigenvalue weighted by Gasteiger charge is 2.05. The number of methoxy groups -OCH3 is 1. The average Bonchev–Trinajstić information content (AvgIpc) is 2.19. The van der Waals surface area contributed by atoms with Gasteiger partial charge < -0.3 is 10.1 Å². The first kappa shape index (κ1) is 10.9. The van der Waals surface area contributed by atoms with E-state index in [0.717, 1.165) is 11.4 Å². The maximum absolute atomic E-state index is 5.09. The molecule has 2 heteroatoms. The Bertz CT molecular complexity index is 266. The highest BCUT2D eigenvalue weighted by atomic mass is 16.5. The third kappa shape index (κ3) is 2.95. The summed E-state index contributed by atoms with van der Waals surface area (Å²) in [5, 5.41) is 3.44. The first-order valence-corrected chi connectivity index (χ1v) is 5.04. The maximum Gasteiger partial charge on any atom is 0.119 e. The van der Waals surface area contributed by atoms with Crippen molar-refractivity contribution in [1.29, 1.82) is 0 Å². The van der Waals surface area contributed by atoms with Crippen LogP contribution in [0.15, 0.2) is 24.3 Å². The van der Waals surface area contributed by atoms with E-state index in [1.54, 1.807) is 7.11 Å². The van der Waals surface area contributed by atoms with E-state index in [1.807, 2.05) is 24.3 Å². The molecule has 1 N–H and O–H groups in total. The smallest absolute Gasteiger partial charge is 0.119 e. The third-order valence-electron chi connectivity index (χ3n) is 2.48. The van der Waals surface area contributed by atoms with Crippen molar-refractivity contribution in [1.82, 2.24) is 0 Å². The van der Waals surface area contributed by atoms with Gasteiger partial charge in [-0.05, 0) is 37.1 Å². The molecular formula is C12H19NO. The van der Waals surface area contributed by atoms with E-state index in [2.05, 4.69) is 26.1 Å². The lowest BCUT2D eigenvalue weighted by atomic mass is 10.1. The number of ether oxygens (including phenoxy) is 1. The molecule has 0 aliphatic rings. The summed E-state index contributed by atoms with van der Waals surface area (Å²) in [7, 11) is 1.68. The second-order valence-corrected chi connectivity index (χ2v) is 3.91. The van der Waals surface area contributed by atoms with E-state index in [0.29, 0.717) is 12.0 Å². The van der Waals surface area contributed by atoms with Crippen molar-refractivity contribution in [3.05, 3.63) is 24.3 Å². The normalized spacial score (nSPS) is 12.6. The summed E-state index contributed by atoms with van der Waals surface area (Å²) in [6.45, 7) is 6.61. The van der Waals surface area contributed by atoms with Gasteiger partial charge in [-0.2, -0.15) is 0 Å². The molecule has 1 atom stereocenters. The molecule has 0 fully saturated rings. The molecule has 0 aliphatic heterocycles. The van der Waals surface area contributed by atoms with E-state index in [-0.39, 0.29) is 0 Å². The molecule has 14 heavy (non-hydrogen) atoms. The molecule has 0 saturated heterocycles. The average molecular weight is 193 g/mol. The minimum atomic E-state index is 0.489. The first-order chi connectivity index (χ1) is 6.63. The SMILES string of the molecule is COc1ccc(N[C@@H](C)C(C)C)cc1. The zero-order valence-electron chi connectivity index (χ0n) is 9.37. The van der Waals surface area contributed by atoms with E-state index in [9.17, 15) is 0 Å². The molecule has 2 nitrogen and oxygen atoms in total. The lowest BCUT2D eigenvalue weighted by Gasteiger charge is -2.18. The van der Waals surface area contributed by atoms with Crippen LogP contribution in [-0.2, 0) is 0 Å². The molecule has 0 unspecified atom stereocenters. The summed E-state index contributed by atoms with van der Waals surface area (Å²) in [5.74, 6) is 1.53. The van der Waals surface area contributed by atoms with Gasteiger partial charge in [0, 0.05) is 11.7 Å². The highest BCUT2D eigenvalue weighted by Crippen LogP contribution is 2.17. The molecule has 1 rings (SSSR count). The predicted octanol–water partition coefficient (Wildman–Crippen LogP) is 3.15. The van der Waals surface area contributed by atoms with Gasteiger partial charge in [-0.3, -0.25) is 0 Å². The Morgan fingerprint density at radius 1 is 1.07 bits per heavy atom. The Hall–Kier alpha value is -1.18. The van der Waals surface area contributed by atoms with Gasteiger partial charge in [0.2, 0.25) is 0 Å². The second kappa shape index (κ2) is 4.89. The van der Waals surface area contributed by atoms with Crippen LogP contribution in [0.1, 0.15) is 20.8 Å². The van der Waals surface area contributed by atoms with E-state index >= 15 is 0 Å². The Morgan fingerprint density at radius 2 is 1.64 bits per heavy atom. The van der Waals surface area contributed by atoms with Gasteiger partial charge in [-0.1, -0.05) is 13.8 Å². The fourth-order valence-corrected chi connectivity index (χ4v) is 1.12. The van der Waals surface area contributed by atoms with E-state index < -0.39 is 0 Å². The lowest BCUT2D eigenvalue weighted by Crippen LogP contribution is -2.21. The van der Waals surface area contributed by atoms with Crippen LogP contribution in [0.4, 0.5) is 5.69 Å². The number of hydrogen-bond acceptors (Lipinski definition) is 2. The van der Waals surface area contributed by atoms with Crippen LogP contribution < -0.4 is 10.1 Å². The van der Waals surface area contributed by atoms with E-state index in [4.69, 9.17) is 4.74 Å². The molecule has 0 aromatic heterocycles. The van der Waals surface area contributed by atoms with Gasteiger partial charge in [0.15, 0.2) is 0 Å². The molecule has 0 bridgehead atoms. The van der Waals surface area contributed by atoms with Crippen LogP contribution in [0.5, 0.6) is 5.75 Å². The van der Waals surface area contributed by atoms with Crippen molar-refractivity contribution in [3.63, 3.8) is 0 Å². The van der Waals surface area contributed by atoms with E-state index in [1.165, 1.54) is 0 Å². The topological polar surface area (TPSA) is 21.3 Å². The minimum Gasteiger partial charge on any atom is -0.497 e. The van der Waals surface area contributed by atoms with Crippen LogP contribution in [0, 0.1) is 5.92 Å². The van der Waals surface area contributed by atoms with Crippen molar-refractivity contribution in [2.75, 3.05) is 12.4 Å². The Kier molecular flexibility index (Phi) is 3.81. The van der Waals surface area contributed by atoms with Crippen LogP contribution in [0.25, 0.3) is 0 Å². The lowest BCUT2D eigenvalue weighted by molar-refractivity contribution is 0.415. The Morgan fingerprint density at radius 3 is 2.07 bits per heavy atom. The molecule has 0 saturated carbocycles. The summed E-state index contributed by atoms with van der Waals surface area (Å²) in [5.41, 5.74) is 1.15. The predicted molar refractivity (Wildman–Crippen MR) is 60.9 cm³/mol. The van der Waals surface area contributed by atoms with Gasteiger partial charge >= 0.3 is 0 Å². The molecule has 1 aromatic rings. The third-order valence-corrected chi connectivity index (χ3v) is 2.48. The molecular weight excluding hydrogens is 174 g/mol. The number of benzene rings is 1. The fraction of sp³-hybridized carbons (Fsp3) is 0.500. The van der Waals surface area contributed by atoms with Gasteiger partial charge in [0.05, 0.1) is 7.11 Å². The zero-order chi connectivity index (χ0) is 10.6. The summed E-state index contributed by atoms with van der Waals surface area (Å²) in [6, 6.07) is 8.50. The van der Waals surface area contributed by atoms with Crippen LogP contribution >= 0.6 is 0 Å². The van der Waals surface area contributed by atoms with Crippen LogP contribution in [-0.4, -0.2) is 13.2 Å². The summed E-state index contributed by atoms with van der Waals surface area (Å²) >= 11 is 0. The van der Waals surface area contributed by atoms with Gasteiger partial charge in [0.1, 0.15) is 5.75 Å². The molecule has 0 radical (unpaired) electrons. The van der Waals surface area contributed by atoms with Crippen LogP contribution in [0.2, 0.25) is 0 Å². The first-order valence-electron chi connectivity index (χ1n) is 5.04. The quantitative estimate of drug-likeness (QED) is 0.793. The number of rotatable bonds is 4. The standard InChI is InChI=1S/C12H19NO/c1-9(2)10(3)13-11-5-7-12(14-4)8-6-11/h5-10,13H,1-4H3/t10-/m0/s1. The van der Waals surface area contributed by atoms with Crippen molar-refractivity contribution in [2.24, 2.45) is 5.92 Å². The molecule has 1 aromatic carbocycles. The van der Waals surface area contributed by atoms with Gasteiger partial charge in [-0.25, -0.2) is 0 Å². The summed E-state index contributed by atoms with van der Waals surface area (Å²) < 4.78 is 5.09.